The van der Waals surface area contributed by atoms with E-state index in [0.29, 0.717) is 21.3 Å². The van der Waals surface area contributed by atoms with E-state index in [-0.39, 0.29) is 17.1 Å². The Morgan fingerprint density at radius 1 is 1.11 bits per heavy atom. The fraction of sp³-hybridized carbons (Fsp3) is 0.286. The van der Waals surface area contributed by atoms with E-state index in [9.17, 15) is 30.8 Å². The van der Waals surface area contributed by atoms with Crippen molar-refractivity contribution < 1.29 is 30.8 Å². The first-order valence-electron chi connectivity index (χ1n) is 10.1. The minimum atomic E-state index is -3.95. The van der Waals surface area contributed by atoms with Gasteiger partial charge in [-0.25, -0.2) is 31.3 Å². The summed E-state index contributed by atoms with van der Waals surface area (Å²) in [6.45, 7) is -0.351. The molecule has 0 aliphatic heterocycles. The van der Waals surface area contributed by atoms with Gasteiger partial charge in [-0.3, -0.25) is 9.59 Å². The summed E-state index contributed by atoms with van der Waals surface area (Å²) < 4.78 is 62.0. The Kier molecular flexibility index (Phi) is 7.59. The molecule has 1 heterocycles. The summed E-state index contributed by atoms with van der Waals surface area (Å²) in [7, 11) is -4.74. The second-order valence-electron chi connectivity index (χ2n) is 8.00. The summed E-state index contributed by atoms with van der Waals surface area (Å²) in [6.07, 6.45) is 0.883. The maximum absolute atomic E-state index is 14.6. The van der Waals surface area contributed by atoms with Crippen LogP contribution in [0.15, 0.2) is 36.4 Å². The van der Waals surface area contributed by atoms with Gasteiger partial charge in [-0.2, -0.15) is 0 Å². The molecule has 0 radical (unpaired) electrons. The Balaban J connectivity index is 1.94. The van der Waals surface area contributed by atoms with Crippen LogP contribution in [0.2, 0.25) is 0 Å². The van der Waals surface area contributed by atoms with Gasteiger partial charge in [-0.05, 0) is 35.4 Å². The number of rotatable bonds is 8. The molecule has 1 aromatic heterocycles. The zero-order valence-corrected chi connectivity index (χ0v) is 21.4. The number of halogens is 1. The third kappa shape index (κ3) is 6.39. The molecule has 0 saturated heterocycles. The van der Waals surface area contributed by atoms with E-state index in [0.717, 1.165) is 17.6 Å². The molecule has 2 aromatic carbocycles. The van der Waals surface area contributed by atoms with E-state index in [4.69, 9.17) is 5.14 Å². The van der Waals surface area contributed by atoms with Crippen LogP contribution >= 0.6 is 11.3 Å². The van der Waals surface area contributed by atoms with Crippen molar-refractivity contribution >= 4 is 53.2 Å². The first-order chi connectivity index (χ1) is 16.2. The molecule has 3 rings (SSSR count). The van der Waals surface area contributed by atoms with E-state index in [1.165, 1.54) is 31.1 Å². The quantitative estimate of drug-likeness (QED) is 0.434. The van der Waals surface area contributed by atoms with Gasteiger partial charge >= 0.3 is 0 Å². The van der Waals surface area contributed by atoms with Crippen molar-refractivity contribution in [3.63, 3.8) is 0 Å². The highest BCUT2D eigenvalue weighted by Gasteiger charge is 2.34. The molecule has 188 valence electrons. The molecule has 0 spiro atoms. The first-order valence-corrected chi connectivity index (χ1v) is 14.5. The normalized spacial score (nSPS) is 12.9. The molecule has 2 amide bonds. The smallest absolute Gasteiger partial charge is 0.256 e. The summed E-state index contributed by atoms with van der Waals surface area (Å²) in [4.78, 5) is 30.2. The number of hydrogen-bond donors (Lipinski definition) is 2. The number of fused-ring (bicyclic) bond motifs is 1. The number of primary sulfonamides is 1. The number of hydrogen-bond acceptors (Lipinski definition) is 8. The SMILES string of the molecule is CN(C)C(=O)c1ccc(-c2ccc3nc(C(C(=O)NCCS(N)(=O)=O)S(C)(=O)=O)sc3c2)cc1F. The van der Waals surface area contributed by atoms with Crippen molar-refractivity contribution in [3.8, 4) is 11.1 Å². The van der Waals surface area contributed by atoms with Crippen molar-refractivity contribution in [1.29, 1.82) is 0 Å². The molecular formula is C21H23FN4O6S3. The van der Waals surface area contributed by atoms with Crippen LogP contribution in [0.5, 0.6) is 0 Å². The highest BCUT2D eigenvalue weighted by molar-refractivity contribution is 7.91. The monoisotopic (exact) mass is 542 g/mol. The maximum Gasteiger partial charge on any atom is 0.256 e. The summed E-state index contributed by atoms with van der Waals surface area (Å²) in [5.41, 5.74) is 1.46. The zero-order chi connectivity index (χ0) is 26.1. The van der Waals surface area contributed by atoms with Crippen LogP contribution in [0.25, 0.3) is 21.3 Å². The number of aromatic nitrogens is 1. The lowest BCUT2D eigenvalue weighted by Gasteiger charge is -2.12. The van der Waals surface area contributed by atoms with Crippen LogP contribution in [0.4, 0.5) is 4.39 Å². The lowest BCUT2D eigenvalue weighted by atomic mass is 10.0. The van der Waals surface area contributed by atoms with E-state index in [1.807, 2.05) is 0 Å². The van der Waals surface area contributed by atoms with Gasteiger partial charge in [0.05, 0.1) is 21.5 Å². The molecule has 0 fully saturated rings. The van der Waals surface area contributed by atoms with Crippen LogP contribution in [-0.4, -0.2) is 71.2 Å². The van der Waals surface area contributed by atoms with Gasteiger partial charge in [0.1, 0.15) is 10.8 Å². The topological polar surface area (TPSA) is 157 Å². The van der Waals surface area contributed by atoms with Crippen molar-refractivity contribution in [3.05, 3.63) is 52.8 Å². The molecule has 0 bridgehead atoms. The second-order valence-corrected chi connectivity index (χ2v) is 12.9. The Bertz CT molecular complexity index is 1520. The van der Waals surface area contributed by atoms with E-state index in [1.54, 1.807) is 24.3 Å². The highest BCUT2D eigenvalue weighted by atomic mass is 32.2. The number of nitrogens with zero attached hydrogens (tertiary/aromatic N) is 2. The number of nitrogens with two attached hydrogens (primary N) is 1. The van der Waals surface area contributed by atoms with Crippen molar-refractivity contribution in [2.75, 3.05) is 32.6 Å². The van der Waals surface area contributed by atoms with Gasteiger partial charge in [0.25, 0.3) is 5.91 Å². The van der Waals surface area contributed by atoms with Crippen molar-refractivity contribution in [2.45, 2.75) is 5.25 Å². The molecule has 10 nitrogen and oxygen atoms in total. The van der Waals surface area contributed by atoms with Gasteiger partial charge < -0.3 is 10.2 Å². The lowest BCUT2D eigenvalue weighted by Crippen LogP contribution is -2.37. The number of carbonyl (C=O) groups excluding carboxylic acids is 2. The number of carbonyl (C=O) groups is 2. The van der Waals surface area contributed by atoms with E-state index in [2.05, 4.69) is 10.3 Å². The molecule has 1 unspecified atom stereocenters. The number of amides is 2. The Morgan fingerprint density at radius 2 is 1.74 bits per heavy atom. The van der Waals surface area contributed by atoms with E-state index < -0.39 is 48.5 Å². The second kappa shape index (κ2) is 9.97. The summed E-state index contributed by atoms with van der Waals surface area (Å²) in [6, 6.07) is 9.17. The predicted molar refractivity (Wildman–Crippen MR) is 132 cm³/mol. The van der Waals surface area contributed by atoms with Gasteiger partial charge in [-0.1, -0.05) is 12.1 Å². The average Bonchev–Trinajstić information content (AvgIpc) is 3.13. The zero-order valence-electron chi connectivity index (χ0n) is 19.0. The minimum Gasteiger partial charge on any atom is -0.354 e. The standard InChI is InChI=1S/C21H23FN4O6S3/c1-26(2)21(28)14-6-4-12(10-15(14)22)13-5-7-16-17(11-13)33-20(25-16)18(34(3,29)30)19(27)24-8-9-35(23,31)32/h4-7,10-11,18H,8-9H2,1-3H3,(H,24,27)(H2,23,31,32). The third-order valence-corrected chi connectivity index (χ3v) is 8.22. The highest BCUT2D eigenvalue weighted by Crippen LogP contribution is 2.34. The third-order valence-electron chi connectivity index (χ3n) is 4.92. The van der Waals surface area contributed by atoms with Crippen molar-refractivity contribution in [2.24, 2.45) is 5.14 Å². The summed E-state index contributed by atoms with van der Waals surface area (Å²) >= 11 is 0.976. The lowest BCUT2D eigenvalue weighted by molar-refractivity contribution is -0.120. The molecule has 0 aliphatic carbocycles. The van der Waals surface area contributed by atoms with Gasteiger partial charge in [0.15, 0.2) is 15.1 Å². The molecule has 3 N–H and O–H groups in total. The Labute approximate surface area is 205 Å². The Hall–Kier alpha value is -2.94. The maximum atomic E-state index is 14.6. The fourth-order valence-corrected chi connectivity index (χ4v) is 6.18. The van der Waals surface area contributed by atoms with Crippen LogP contribution in [0, 0.1) is 5.82 Å². The van der Waals surface area contributed by atoms with Crippen LogP contribution < -0.4 is 10.5 Å². The number of nitrogens with one attached hydrogen (secondary N) is 1. The van der Waals surface area contributed by atoms with Gasteiger partial charge in [0, 0.05) is 26.9 Å². The molecule has 3 aromatic rings. The van der Waals surface area contributed by atoms with Crippen LogP contribution in [0.1, 0.15) is 20.6 Å². The van der Waals surface area contributed by atoms with Gasteiger partial charge in [0.2, 0.25) is 15.9 Å². The minimum absolute atomic E-state index is 0.00543. The molecular weight excluding hydrogens is 519 g/mol. The predicted octanol–water partition coefficient (Wildman–Crippen LogP) is 1.29. The van der Waals surface area contributed by atoms with Crippen molar-refractivity contribution in [1.82, 2.24) is 15.2 Å². The van der Waals surface area contributed by atoms with Gasteiger partial charge in [-0.15, -0.1) is 11.3 Å². The largest absolute Gasteiger partial charge is 0.354 e. The number of benzene rings is 2. The summed E-state index contributed by atoms with van der Waals surface area (Å²) in [5.74, 6) is -2.61. The number of thiazole rings is 1. The molecule has 1 atom stereocenters. The molecule has 0 aliphatic rings. The fourth-order valence-electron chi connectivity index (χ4n) is 3.24. The number of sulfonamides is 1. The number of sulfone groups is 1. The molecule has 35 heavy (non-hydrogen) atoms. The Morgan fingerprint density at radius 3 is 2.31 bits per heavy atom. The van der Waals surface area contributed by atoms with E-state index >= 15 is 0 Å². The van der Waals surface area contributed by atoms with Crippen LogP contribution in [0.3, 0.4) is 0 Å². The first kappa shape index (κ1) is 26.7. The molecule has 0 saturated carbocycles. The van der Waals surface area contributed by atoms with Crippen LogP contribution in [-0.2, 0) is 24.7 Å². The molecule has 14 heteroatoms. The summed E-state index contributed by atoms with van der Waals surface area (Å²) in [5, 5.41) is 5.54. The average molecular weight is 543 g/mol.